The predicted molar refractivity (Wildman–Crippen MR) is 50.1 cm³/mol. The van der Waals surface area contributed by atoms with Crippen molar-refractivity contribution in [2.45, 2.75) is 0 Å². The first-order chi connectivity index (χ1) is 6.77. The summed E-state index contributed by atoms with van der Waals surface area (Å²) in [6.45, 7) is 1.14. The number of phenols is 1. The Hall–Kier alpha value is -1.55. The van der Waals surface area contributed by atoms with Gasteiger partial charge in [-0.2, -0.15) is 0 Å². The molecule has 1 heterocycles. The zero-order chi connectivity index (χ0) is 9.97. The Bertz CT molecular complexity index is 351. The number of nitrogens with zero attached hydrogens (tertiary/aromatic N) is 1. The zero-order valence-corrected chi connectivity index (χ0v) is 7.56. The van der Waals surface area contributed by atoms with Crippen LogP contribution in [0.25, 0.3) is 0 Å². The van der Waals surface area contributed by atoms with Crippen LogP contribution in [-0.2, 0) is 9.53 Å². The summed E-state index contributed by atoms with van der Waals surface area (Å²) >= 11 is 0. The monoisotopic (exact) mass is 192 g/mol. The Labute approximate surface area is 81.7 Å². The highest BCUT2D eigenvalue weighted by atomic mass is 16.5. The first kappa shape index (κ1) is 9.02. The van der Waals surface area contributed by atoms with Crippen LogP contribution in [0.5, 0.6) is 5.75 Å². The number of carbonyl (C=O) groups excluding carboxylic acids is 1. The quantitative estimate of drug-likeness (QED) is 0.707. The highest BCUT2D eigenvalue weighted by molar-refractivity contribution is 5.94. The van der Waals surface area contributed by atoms with E-state index >= 15 is 0 Å². The van der Waals surface area contributed by atoms with Gasteiger partial charge in [0, 0.05) is 6.54 Å². The molecule has 0 bridgehead atoms. The fourth-order valence-electron chi connectivity index (χ4n) is 1.38. The van der Waals surface area contributed by atoms with Crippen LogP contribution in [0.15, 0.2) is 18.2 Å². The molecule has 0 aromatic heterocycles. The fraction of sp³-hybridized carbons (Fsp3) is 0.300. The molecule has 1 aliphatic rings. The lowest BCUT2D eigenvalue weighted by molar-refractivity contribution is -0.125. The van der Waals surface area contributed by atoms with Crippen molar-refractivity contribution >= 4 is 11.6 Å². The summed E-state index contributed by atoms with van der Waals surface area (Å²) < 4.78 is 5.00. The van der Waals surface area contributed by atoms with E-state index in [1.807, 2.05) is 0 Å². The van der Waals surface area contributed by atoms with E-state index < -0.39 is 0 Å². The van der Waals surface area contributed by atoms with Crippen LogP contribution in [0.1, 0.15) is 0 Å². The summed E-state index contributed by atoms with van der Waals surface area (Å²) in [6, 6.07) is 7.66. The van der Waals surface area contributed by atoms with E-state index in [2.05, 4.69) is 6.07 Å². The summed E-state index contributed by atoms with van der Waals surface area (Å²) in [5, 5.41) is 9.21. The van der Waals surface area contributed by atoms with E-state index in [1.54, 1.807) is 17.0 Å². The largest absolute Gasteiger partial charge is 0.507 e. The van der Waals surface area contributed by atoms with E-state index in [4.69, 9.17) is 4.74 Å². The molecular formula is C10H10NO3. The van der Waals surface area contributed by atoms with Gasteiger partial charge in [-0.05, 0) is 12.1 Å². The van der Waals surface area contributed by atoms with Crippen molar-refractivity contribution in [2.24, 2.45) is 0 Å². The normalized spacial score (nSPS) is 17.1. The third kappa shape index (κ3) is 1.70. The third-order valence-corrected chi connectivity index (χ3v) is 2.04. The maximum Gasteiger partial charge on any atom is 0.253 e. The molecular weight excluding hydrogens is 182 g/mol. The molecule has 2 rings (SSSR count). The van der Waals surface area contributed by atoms with Crippen molar-refractivity contribution < 1.29 is 14.6 Å². The summed E-state index contributed by atoms with van der Waals surface area (Å²) in [7, 11) is 0. The van der Waals surface area contributed by atoms with Crippen molar-refractivity contribution in [3.05, 3.63) is 24.3 Å². The van der Waals surface area contributed by atoms with Crippen molar-refractivity contribution in [2.75, 3.05) is 24.7 Å². The lowest BCUT2D eigenvalue weighted by Crippen LogP contribution is -2.41. The zero-order valence-electron chi connectivity index (χ0n) is 7.56. The standard InChI is InChI=1S/C10H10NO3/c12-9-3-1-2-8(6-9)11-4-5-14-7-10(11)13/h1-3,12H,4-5,7H2. The summed E-state index contributed by atoms with van der Waals surface area (Å²) in [5.41, 5.74) is 0.596. The molecule has 1 fully saturated rings. The van der Waals surface area contributed by atoms with Crippen LogP contribution >= 0.6 is 0 Å². The summed E-state index contributed by atoms with van der Waals surface area (Å²) in [4.78, 5) is 13.0. The van der Waals surface area contributed by atoms with Crippen LogP contribution in [0.3, 0.4) is 0 Å². The highest BCUT2D eigenvalue weighted by Crippen LogP contribution is 2.20. The smallest absolute Gasteiger partial charge is 0.253 e. The van der Waals surface area contributed by atoms with Gasteiger partial charge >= 0.3 is 0 Å². The van der Waals surface area contributed by atoms with Crippen molar-refractivity contribution in [3.8, 4) is 5.75 Å². The first-order valence-electron chi connectivity index (χ1n) is 4.37. The summed E-state index contributed by atoms with van der Waals surface area (Å²) in [5.74, 6) is -0.0557. The molecule has 14 heavy (non-hydrogen) atoms. The molecule has 0 atom stereocenters. The molecule has 73 valence electrons. The average molecular weight is 192 g/mol. The summed E-state index contributed by atoms with van der Waals surface area (Å²) in [6.07, 6.45) is 0. The second kappa shape index (κ2) is 3.67. The molecule has 4 heteroatoms. The molecule has 1 amide bonds. The second-order valence-electron chi connectivity index (χ2n) is 3.02. The minimum atomic E-state index is -0.0990. The molecule has 1 aromatic rings. The van der Waals surface area contributed by atoms with E-state index in [1.165, 1.54) is 6.07 Å². The molecule has 0 saturated carbocycles. The predicted octanol–water partition coefficient (Wildman–Crippen LogP) is 0.556. The molecule has 1 radical (unpaired) electrons. The van der Waals surface area contributed by atoms with Gasteiger partial charge in [-0.1, -0.05) is 6.07 Å². The van der Waals surface area contributed by atoms with Gasteiger partial charge in [0.1, 0.15) is 12.4 Å². The van der Waals surface area contributed by atoms with Crippen LogP contribution in [-0.4, -0.2) is 30.8 Å². The molecule has 1 saturated heterocycles. The van der Waals surface area contributed by atoms with Gasteiger partial charge in [0.2, 0.25) is 0 Å². The maximum atomic E-state index is 11.4. The van der Waals surface area contributed by atoms with E-state index in [-0.39, 0.29) is 18.3 Å². The van der Waals surface area contributed by atoms with Gasteiger partial charge in [-0.3, -0.25) is 4.79 Å². The number of anilines is 1. The van der Waals surface area contributed by atoms with Crippen LogP contribution in [0, 0.1) is 6.07 Å². The Morgan fingerprint density at radius 1 is 1.50 bits per heavy atom. The Balaban J connectivity index is 2.24. The van der Waals surface area contributed by atoms with Gasteiger partial charge in [0.25, 0.3) is 5.91 Å². The number of benzene rings is 1. The van der Waals surface area contributed by atoms with Gasteiger partial charge in [0.15, 0.2) is 0 Å². The number of carbonyl (C=O) groups is 1. The van der Waals surface area contributed by atoms with Gasteiger partial charge in [0.05, 0.1) is 18.4 Å². The number of phenolic OH excluding ortho intramolecular Hbond substituents is 1. The SMILES string of the molecule is O=C1COCCN1c1[c]c(O)ccc1. The van der Waals surface area contributed by atoms with Gasteiger partial charge < -0.3 is 14.7 Å². The lowest BCUT2D eigenvalue weighted by Gasteiger charge is -2.26. The van der Waals surface area contributed by atoms with E-state index in [0.29, 0.717) is 18.8 Å². The van der Waals surface area contributed by atoms with Crippen molar-refractivity contribution in [3.63, 3.8) is 0 Å². The number of rotatable bonds is 1. The van der Waals surface area contributed by atoms with Gasteiger partial charge in [-0.15, -0.1) is 0 Å². The second-order valence-corrected chi connectivity index (χ2v) is 3.02. The van der Waals surface area contributed by atoms with E-state index in [9.17, 15) is 9.90 Å². The number of amides is 1. The molecule has 1 aromatic carbocycles. The first-order valence-corrected chi connectivity index (χ1v) is 4.37. The minimum Gasteiger partial charge on any atom is -0.507 e. The highest BCUT2D eigenvalue weighted by Gasteiger charge is 2.20. The molecule has 4 nitrogen and oxygen atoms in total. The van der Waals surface area contributed by atoms with Crippen molar-refractivity contribution in [1.82, 2.24) is 0 Å². The topological polar surface area (TPSA) is 49.8 Å². The third-order valence-electron chi connectivity index (χ3n) is 2.04. The number of morpholine rings is 1. The Morgan fingerprint density at radius 3 is 3.07 bits per heavy atom. The Morgan fingerprint density at radius 2 is 2.36 bits per heavy atom. The van der Waals surface area contributed by atoms with Crippen LogP contribution in [0.2, 0.25) is 0 Å². The van der Waals surface area contributed by atoms with Gasteiger partial charge in [-0.25, -0.2) is 0 Å². The number of hydrogen-bond donors (Lipinski definition) is 1. The molecule has 0 spiro atoms. The average Bonchev–Trinajstić information content (AvgIpc) is 2.18. The molecule has 1 aliphatic heterocycles. The number of ether oxygens (including phenoxy) is 1. The van der Waals surface area contributed by atoms with Crippen LogP contribution in [0.4, 0.5) is 5.69 Å². The maximum absolute atomic E-state index is 11.4. The number of aromatic hydroxyl groups is 1. The van der Waals surface area contributed by atoms with Crippen molar-refractivity contribution in [1.29, 1.82) is 0 Å². The van der Waals surface area contributed by atoms with E-state index in [0.717, 1.165) is 0 Å². The fourth-order valence-corrected chi connectivity index (χ4v) is 1.38. The lowest BCUT2D eigenvalue weighted by atomic mass is 10.2. The minimum absolute atomic E-state index is 0.0433. The molecule has 0 unspecified atom stereocenters. The molecule has 1 N–H and O–H groups in total. The number of hydrogen-bond acceptors (Lipinski definition) is 3. The van der Waals surface area contributed by atoms with Crippen LogP contribution < -0.4 is 4.90 Å². The Kier molecular flexibility index (Phi) is 2.37. The molecule has 0 aliphatic carbocycles.